The molecule has 6 nitrogen and oxygen atoms in total. The van der Waals surface area contributed by atoms with Crippen LogP contribution in [0, 0.1) is 0 Å². The van der Waals surface area contributed by atoms with E-state index in [1.165, 1.54) is 0 Å². The average molecular weight is 251 g/mol. The largest absolute Gasteiger partial charge is 0.465 e. The van der Waals surface area contributed by atoms with E-state index in [1.54, 1.807) is 5.32 Å². The Balaban J connectivity index is 4.30. The van der Waals surface area contributed by atoms with E-state index in [-0.39, 0.29) is 4.48 Å². The van der Waals surface area contributed by atoms with Crippen molar-refractivity contribution in [1.29, 1.82) is 0 Å². The van der Waals surface area contributed by atoms with E-state index in [1.807, 2.05) is 0 Å². The van der Waals surface area contributed by atoms with Gasteiger partial charge < -0.3 is 10.5 Å². The minimum atomic E-state index is -0.994. The third-order valence-corrected chi connectivity index (χ3v) is 1.44. The second-order valence-electron chi connectivity index (χ2n) is 1.84. The van der Waals surface area contributed by atoms with Gasteiger partial charge in [-0.3, -0.25) is 10.1 Å². The summed E-state index contributed by atoms with van der Waals surface area (Å²) >= 11 is 2.77. The number of ether oxygens (including phenoxy) is 1. The summed E-state index contributed by atoms with van der Waals surface area (Å²) in [7, 11) is 1.16. The van der Waals surface area contributed by atoms with Crippen molar-refractivity contribution in [3.63, 3.8) is 0 Å². The highest BCUT2D eigenvalue weighted by Crippen LogP contribution is 2.05. The maximum atomic E-state index is 10.8. The Morgan fingerprint density at radius 1 is 1.46 bits per heavy atom. The maximum Gasteiger partial charge on any atom is 0.345 e. The van der Waals surface area contributed by atoms with Crippen molar-refractivity contribution in [2.24, 2.45) is 5.73 Å². The van der Waals surface area contributed by atoms with Crippen molar-refractivity contribution >= 4 is 33.8 Å². The lowest BCUT2D eigenvalue weighted by molar-refractivity contribution is -0.135. The Bertz CT molecular complexity index is 274. The van der Waals surface area contributed by atoms with Crippen molar-refractivity contribution in [2.75, 3.05) is 7.11 Å². The highest BCUT2D eigenvalue weighted by molar-refractivity contribution is 9.12. The van der Waals surface area contributed by atoms with Gasteiger partial charge in [0.2, 0.25) is 0 Å². The Hall–Kier alpha value is -1.37. The lowest BCUT2D eigenvalue weighted by Crippen LogP contribution is -2.34. The molecule has 0 aromatic carbocycles. The van der Waals surface area contributed by atoms with Gasteiger partial charge in [-0.2, -0.15) is 0 Å². The lowest BCUT2D eigenvalue weighted by Gasteiger charge is -1.96. The zero-order chi connectivity index (χ0) is 10.4. The molecule has 0 atom stereocenters. The highest BCUT2D eigenvalue weighted by atomic mass is 79.9. The molecule has 0 aromatic rings. The molecule has 0 aliphatic rings. The van der Waals surface area contributed by atoms with Gasteiger partial charge in [0, 0.05) is 6.08 Å². The molecule has 72 valence electrons. The number of esters is 1. The average Bonchev–Trinajstić information content (AvgIpc) is 2.01. The van der Waals surface area contributed by atoms with Crippen LogP contribution in [-0.2, 0) is 14.3 Å². The van der Waals surface area contributed by atoms with Crippen LogP contribution in [0.1, 0.15) is 0 Å². The van der Waals surface area contributed by atoms with Crippen LogP contribution in [0.3, 0.4) is 0 Å². The number of rotatable bonds is 2. The van der Waals surface area contributed by atoms with Crippen LogP contribution in [0.25, 0.3) is 0 Å². The first-order chi connectivity index (χ1) is 5.97. The van der Waals surface area contributed by atoms with Crippen LogP contribution in [0.4, 0.5) is 4.79 Å². The summed E-state index contributed by atoms with van der Waals surface area (Å²) in [5.41, 5.74) is 4.65. The summed E-state index contributed by atoms with van der Waals surface area (Å²) in [6.45, 7) is 0. The number of imide groups is 1. The number of carbonyl (C=O) groups is 3. The van der Waals surface area contributed by atoms with Crippen LogP contribution in [0.5, 0.6) is 0 Å². The molecule has 3 N–H and O–H groups in total. The van der Waals surface area contributed by atoms with Gasteiger partial charge in [-0.1, -0.05) is 0 Å². The molecule has 13 heavy (non-hydrogen) atoms. The number of halogens is 1. The molecule has 3 amide bonds. The third kappa shape index (κ3) is 4.96. The van der Waals surface area contributed by atoms with E-state index in [0.717, 1.165) is 13.2 Å². The number of primary amides is 1. The molecule has 0 heterocycles. The number of nitrogens with two attached hydrogens (primary N) is 1. The molecule has 0 aromatic heterocycles. The fourth-order valence-corrected chi connectivity index (χ4v) is 0.799. The Morgan fingerprint density at radius 2 is 2.00 bits per heavy atom. The Labute approximate surface area is 82.2 Å². The molecular weight excluding hydrogens is 244 g/mol. The van der Waals surface area contributed by atoms with Crippen LogP contribution in [-0.4, -0.2) is 25.0 Å². The van der Waals surface area contributed by atoms with E-state index in [2.05, 4.69) is 26.4 Å². The summed E-state index contributed by atoms with van der Waals surface area (Å²) in [6.07, 6.45) is 0.844. The minimum absolute atomic E-state index is 0.103. The molecule has 0 fully saturated rings. The smallest absolute Gasteiger partial charge is 0.345 e. The number of nitrogens with one attached hydrogen (secondary N) is 1. The van der Waals surface area contributed by atoms with Gasteiger partial charge in [0.15, 0.2) is 0 Å². The summed E-state index contributed by atoms with van der Waals surface area (Å²) in [5, 5.41) is 1.74. The fraction of sp³-hybridized carbons (Fsp3) is 0.167. The van der Waals surface area contributed by atoms with Crippen molar-refractivity contribution < 1.29 is 19.1 Å². The lowest BCUT2D eigenvalue weighted by atomic mass is 10.4. The van der Waals surface area contributed by atoms with Gasteiger partial charge in [0.25, 0.3) is 5.91 Å². The zero-order valence-corrected chi connectivity index (χ0v) is 8.25. The summed E-state index contributed by atoms with van der Waals surface area (Å²) < 4.78 is 4.16. The van der Waals surface area contributed by atoms with Gasteiger partial charge in [-0.25, -0.2) is 9.59 Å². The predicted octanol–water partition coefficient (Wildman–Crippen LogP) is -0.367. The van der Waals surface area contributed by atoms with Gasteiger partial charge in [0.1, 0.15) is 4.48 Å². The van der Waals surface area contributed by atoms with Gasteiger partial charge in [0.05, 0.1) is 7.11 Å². The SMILES string of the molecule is COC(=O)/C(Br)=C/C(=O)NC(N)=O. The molecule has 0 aliphatic heterocycles. The number of urea groups is 1. The molecule has 0 unspecified atom stereocenters. The van der Waals surface area contributed by atoms with Crippen molar-refractivity contribution in [3.05, 3.63) is 10.6 Å². The fourth-order valence-electron chi connectivity index (χ4n) is 0.429. The van der Waals surface area contributed by atoms with Gasteiger partial charge in [-0.05, 0) is 15.9 Å². The monoisotopic (exact) mass is 250 g/mol. The first-order valence-corrected chi connectivity index (χ1v) is 3.82. The molecule has 7 heteroatoms. The van der Waals surface area contributed by atoms with Crippen LogP contribution in [0.2, 0.25) is 0 Å². The number of methoxy groups -OCH3 is 1. The molecule has 0 bridgehead atoms. The predicted molar refractivity (Wildman–Crippen MR) is 46.8 cm³/mol. The molecule has 0 radical (unpaired) electrons. The standard InChI is InChI=1S/C6H7BrN2O4/c1-13-5(11)3(7)2-4(10)9-6(8)12/h2H,1H3,(H3,8,9,10,12)/b3-2-. The molecule has 0 spiro atoms. The highest BCUT2D eigenvalue weighted by Gasteiger charge is 2.08. The molecule has 0 saturated carbocycles. The second kappa shape index (κ2) is 5.31. The second-order valence-corrected chi connectivity index (χ2v) is 2.69. The van der Waals surface area contributed by atoms with E-state index >= 15 is 0 Å². The number of hydrogen-bond acceptors (Lipinski definition) is 4. The Morgan fingerprint density at radius 3 is 2.38 bits per heavy atom. The molecule has 0 rings (SSSR count). The first-order valence-electron chi connectivity index (χ1n) is 3.03. The van der Waals surface area contributed by atoms with E-state index in [9.17, 15) is 14.4 Å². The summed E-state index contributed by atoms with van der Waals surface area (Å²) in [6, 6.07) is -0.994. The van der Waals surface area contributed by atoms with E-state index in [4.69, 9.17) is 0 Å². The van der Waals surface area contributed by atoms with Crippen molar-refractivity contribution in [3.8, 4) is 0 Å². The zero-order valence-electron chi connectivity index (χ0n) is 6.67. The van der Waals surface area contributed by atoms with Gasteiger partial charge >= 0.3 is 12.0 Å². The van der Waals surface area contributed by atoms with Crippen molar-refractivity contribution in [2.45, 2.75) is 0 Å². The van der Waals surface area contributed by atoms with Crippen LogP contribution in [0.15, 0.2) is 10.6 Å². The van der Waals surface area contributed by atoms with Crippen LogP contribution >= 0.6 is 15.9 Å². The maximum absolute atomic E-state index is 10.8. The number of amides is 3. The Kier molecular flexibility index (Phi) is 4.75. The first kappa shape index (κ1) is 11.6. The third-order valence-electron chi connectivity index (χ3n) is 0.885. The quantitative estimate of drug-likeness (QED) is 0.516. The van der Waals surface area contributed by atoms with Crippen LogP contribution < -0.4 is 11.1 Å². The summed E-state index contributed by atoms with van der Waals surface area (Å²) in [5.74, 6) is -1.52. The molecule has 0 aliphatic carbocycles. The minimum Gasteiger partial charge on any atom is -0.465 e. The van der Waals surface area contributed by atoms with Gasteiger partial charge in [-0.15, -0.1) is 0 Å². The topological polar surface area (TPSA) is 98.5 Å². The van der Waals surface area contributed by atoms with E-state index in [0.29, 0.717) is 0 Å². The van der Waals surface area contributed by atoms with Crippen molar-refractivity contribution in [1.82, 2.24) is 5.32 Å². The normalized spacial score (nSPS) is 10.5. The van der Waals surface area contributed by atoms with E-state index < -0.39 is 17.9 Å². The number of hydrogen-bond donors (Lipinski definition) is 2. The molecular formula is C6H7BrN2O4. The molecule has 0 saturated heterocycles. The number of carbonyl (C=O) groups excluding carboxylic acids is 3. The summed E-state index contributed by atoms with van der Waals surface area (Å²) in [4.78, 5) is 31.6.